The van der Waals surface area contributed by atoms with Crippen molar-refractivity contribution in [2.75, 3.05) is 4.90 Å². The Morgan fingerprint density at radius 3 is 2.34 bits per heavy atom. The molecule has 4 aromatic rings. The standard InChI is InChI=1S/C26H19NO5/c1-15-6-2-4-8-19(15)27-23(16-10-12-18(28)13-11-16)22(25(30)26(27)31)24(29)21-14-17-7-3-5-9-20(17)32-21/h2-14,23,28,30H,1H3. The maximum atomic E-state index is 13.5. The van der Waals surface area contributed by atoms with Gasteiger partial charge in [-0.2, -0.15) is 0 Å². The van der Waals surface area contributed by atoms with Crippen molar-refractivity contribution < 1.29 is 24.2 Å². The first-order valence-electron chi connectivity index (χ1n) is 10.1. The molecule has 0 aliphatic carbocycles. The lowest BCUT2D eigenvalue weighted by Crippen LogP contribution is -2.31. The SMILES string of the molecule is Cc1ccccc1N1C(=O)C(O)=C(C(=O)c2cc3ccccc3o2)C1c1ccc(O)cc1. The van der Waals surface area contributed by atoms with Crippen LogP contribution in [0.1, 0.15) is 27.7 Å². The van der Waals surface area contributed by atoms with Crippen molar-refractivity contribution >= 4 is 28.3 Å². The van der Waals surface area contributed by atoms with Crippen LogP contribution in [0.4, 0.5) is 5.69 Å². The number of rotatable bonds is 4. The summed E-state index contributed by atoms with van der Waals surface area (Å²) < 4.78 is 5.73. The van der Waals surface area contributed by atoms with Gasteiger partial charge in [-0.05, 0) is 48.4 Å². The minimum Gasteiger partial charge on any atom is -0.508 e. The Balaban J connectivity index is 1.68. The minimum atomic E-state index is -0.884. The Bertz CT molecular complexity index is 1360. The van der Waals surface area contributed by atoms with Crippen LogP contribution in [0.3, 0.4) is 0 Å². The number of Topliss-reactive ketones (excluding diaryl/α,β-unsaturated/α-hetero) is 1. The first-order chi connectivity index (χ1) is 15.5. The van der Waals surface area contributed by atoms with Gasteiger partial charge in [0, 0.05) is 11.1 Å². The quantitative estimate of drug-likeness (QED) is 0.437. The second kappa shape index (κ2) is 7.42. The van der Waals surface area contributed by atoms with E-state index in [4.69, 9.17) is 4.42 Å². The number of aromatic hydroxyl groups is 1. The number of phenolic OH excluding ortho intramolecular Hbond substituents is 1. The van der Waals surface area contributed by atoms with Crippen LogP contribution in [0.5, 0.6) is 5.75 Å². The van der Waals surface area contributed by atoms with E-state index in [0.29, 0.717) is 16.8 Å². The van der Waals surface area contributed by atoms with Crippen LogP contribution in [0.25, 0.3) is 11.0 Å². The number of nitrogens with zero attached hydrogens (tertiary/aromatic N) is 1. The molecule has 6 heteroatoms. The number of phenols is 1. The molecule has 1 aliphatic rings. The molecule has 32 heavy (non-hydrogen) atoms. The molecule has 1 atom stereocenters. The Kier molecular flexibility index (Phi) is 4.56. The van der Waals surface area contributed by atoms with Crippen molar-refractivity contribution in [1.29, 1.82) is 0 Å². The number of benzene rings is 3. The number of ketones is 1. The maximum Gasteiger partial charge on any atom is 0.294 e. The van der Waals surface area contributed by atoms with E-state index in [-0.39, 0.29) is 17.1 Å². The first kappa shape index (κ1) is 19.6. The summed E-state index contributed by atoms with van der Waals surface area (Å²) in [5.74, 6) is -1.76. The zero-order valence-corrected chi connectivity index (χ0v) is 17.1. The van der Waals surface area contributed by atoms with Crippen molar-refractivity contribution in [1.82, 2.24) is 0 Å². The predicted molar refractivity (Wildman–Crippen MR) is 120 cm³/mol. The normalized spacial score (nSPS) is 16.2. The van der Waals surface area contributed by atoms with E-state index < -0.39 is 23.5 Å². The van der Waals surface area contributed by atoms with Gasteiger partial charge in [-0.25, -0.2) is 0 Å². The fraction of sp³-hybridized carbons (Fsp3) is 0.0769. The van der Waals surface area contributed by atoms with Gasteiger partial charge in [0.15, 0.2) is 11.5 Å². The molecule has 1 unspecified atom stereocenters. The molecular formula is C26H19NO5. The molecule has 158 valence electrons. The lowest BCUT2D eigenvalue weighted by atomic mass is 9.94. The molecule has 0 fully saturated rings. The average Bonchev–Trinajstić information content (AvgIpc) is 3.34. The van der Waals surface area contributed by atoms with Crippen LogP contribution in [0.2, 0.25) is 0 Å². The number of hydrogen-bond donors (Lipinski definition) is 2. The maximum absolute atomic E-state index is 13.5. The summed E-state index contributed by atoms with van der Waals surface area (Å²) in [6.07, 6.45) is 0. The lowest BCUT2D eigenvalue weighted by Gasteiger charge is -2.28. The third kappa shape index (κ3) is 3.04. The van der Waals surface area contributed by atoms with Gasteiger partial charge in [-0.3, -0.25) is 14.5 Å². The van der Waals surface area contributed by atoms with E-state index in [2.05, 4.69) is 0 Å². The fourth-order valence-electron chi connectivity index (χ4n) is 4.12. The van der Waals surface area contributed by atoms with Gasteiger partial charge in [0.2, 0.25) is 5.78 Å². The van der Waals surface area contributed by atoms with Crippen molar-refractivity contribution in [3.63, 3.8) is 0 Å². The van der Waals surface area contributed by atoms with E-state index >= 15 is 0 Å². The summed E-state index contributed by atoms with van der Waals surface area (Å²) in [6.45, 7) is 1.85. The highest BCUT2D eigenvalue weighted by Crippen LogP contribution is 2.43. The number of carbonyl (C=O) groups is 2. The Morgan fingerprint density at radius 2 is 1.62 bits per heavy atom. The molecule has 6 nitrogen and oxygen atoms in total. The number of fused-ring (bicyclic) bond motifs is 1. The third-order valence-electron chi connectivity index (χ3n) is 5.69. The molecule has 5 rings (SSSR count). The van der Waals surface area contributed by atoms with Crippen LogP contribution in [0, 0.1) is 6.92 Å². The fourth-order valence-corrected chi connectivity index (χ4v) is 4.12. The number of hydrogen-bond acceptors (Lipinski definition) is 5. The molecule has 0 saturated carbocycles. The van der Waals surface area contributed by atoms with E-state index in [0.717, 1.165) is 10.9 Å². The number of aryl methyl sites for hydroxylation is 1. The van der Waals surface area contributed by atoms with Gasteiger partial charge < -0.3 is 14.6 Å². The Labute approximate surface area is 183 Å². The Morgan fingerprint density at radius 1 is 0.938 bits per heavy atom. The number of aliphatic hydroxyl groups is 1. The number of para-hydroxylation sites is 2. The molecule has 0 bridgehead atoms. The van der Waals surface area contributed by atoms with Crippen molar-refractivity contribution in [2.24, 2.45) is 0 Å². The topological polar surface area (TPSA) is 91.0 Å². The molecule has 3 aromatic carbocycles. The van der Waals surface area contributed by atoms with Crippen LogP contribution in [-0.4, -0.2) is 21.9 Å². The lowest BCUT2D eigenvalue weighted by molar-refractivity contribution is -0.117. The van der Waals surface area contributed by atoms with E-state index in [9.17, 15) is 19.8 Å². The third-order valence-corrected chi connectivity index (χ3v) is 5.69. The van der Waals surface area contributed by atoms with Gasteiger partial charge in [0.25, 0.3) is 5.91 Å². The molecule has 0 saturated heterocycles. The molecule has 1 aromatic heterocycles. The largest absolute Gasteiger partial charge is 0.508 e. The van der Waals surface area contributed by atoms with Crippen molar-refractivity contribution in [3.05, 3.63) is 107 Å². The smallest absolute Gasteiger partial charge is 0.294 e. The number of carbonyl (C=O) groups excluding carboxylic acids is 2. The van der Waals surface area contributed by atoms with Crippen LogP contribution >= 0.6 is 0 Å². The summed E-state index contributed by atoms with van der Waals surface area (Å²) in [7, 11) is 0. The molecule has 0 radical (unpaired) electrons. The number of aliphatic hydroxyl groups excluding tert-OH is 1. The second-order valence-corrected chi connectivity index (χ2v) is 7.70. The van der Waals surface area contributed by atoms with Gasteiger partial charge in [-0.15, -0.1) is 0 Å². The first-order valence-corrected chi connectivity index (χ1v) is 10.1. The van der Waals surface area contributed by atoms with Gasteiger partial charge in [0.1, 0.15) is 11.3 Å². The number of anilines is 1. The van der Waals surface area contributed by atoms with Gasteiger partial charge in [-0.1, -0.05) is 48.5 Å². The summed E-state index contributed by atoms with van der Waals surface area (Å²) in [5.41, 5.74) is 2.44. The minimum absolute atomic E-state index is 0.0379. The number of furan rings is 1. The van der Waals surface area contributed by atoms with E-state index in [1.54, 1.807) is 42.5 Å². The molecular weight excluding hydrogens is 406 g/mol. The molecule has 2 heterocycles. The summed E-state index contributed by atoms with van der Waals surface area (Å²) in [4.78, 5) is 28.2. The van der Waals surface area contributed by atoms with Crippen LogP contribution < -0.4 is 4.90 Å². The molecule has 2 N–H and O–H groups in total. The summed E-state index contributed by atoms with van der Waals surface area (Å²) in [5, 5.41) is 21.3. The Hall–Kier alpha value is -4.32. The zero-order valence-electron chi connectivity index (χ0n) is 17.1. The van der Waals surface area contributed by atoms with E-state index in [1.165, 1.54) is 17.0 Å². The highest BCUT2D eigenvalue weighted by molar-refractivity contribution is 6.20. The van der Waals surface area contributed by atoms with Crippen LogP contribution in [0.15, 0.2) is 94.6 Å². The van der Waals surface area contributed by atoms with Gasteiger partial charge in [0.05, 0.1) is 11.6 Å². The average molecular weight is 425 g/mol. The highest BCUT2D eigenvalue weighted by Gasteiger charge is 2.45. The zero-order chi connectivity index (χ0) is 22.4. The van der Waals surface area contributed by atoms with E-state index in [1.807, 2.05) is 31.2 Å². The highest BCUT2D eigenvalue weighted by atomic mass is 16.3. The van der Waals surface area contributed by atoms with Crippen molar-refractivity contribution in [2.45, 2.75) is 13.0 Å². The van der Waals surface area contributed by atoms with Crippen LogP contribution in [-0.2, 0) is 4.79 Å². The second-order valence-electron chi connectivity index (χ2n) is 7.70. The monoisotopic (exact) mass is 425 g/mol. The molecule has 0 spiro atoms. The van der Waals surface area contributed by atoms with Crippen molar-refractivity contribution in [3.8, 4) is 5.75 Å². The molecule has 1 amide bonds. The predicted octanol–water partition coefficient (Wildman–Crippen LogP) is 5.23. The van der Waals surface area contributed by atoms with Gasteiger partial charge >= 0.3 is 0 Å². The number of amides is 1. The molecule has 1 aliphatic heterocycles. The summed E-state index contributed by atoms with van der Waals surface area (Å²) >= 11 is 0. The summed E-state index contributed by atoms with van der Waals surface area (Å²) in [6, 6.07) is 21.4.